The zero-order valence-corrected chi connectivity index (χ0v) is 11.5. The Kier molecular flexibility index (Phi) is 4.18. The molecule has 0 aliphatic carbocycles. The molecular weight excluding hydrogens is 238 g/mol. The van der Waals surface area contributed by atoms with E-state index >= 15 is 0 Å². The summed E-state index contributed by atoms with van der Waals surface area (Å²) in [5.74, 6) is 0.770. The van der Waals surface area contributed by atoms with Gasteiger partial charge in [-0.1, -0.05) is 18.2 Å². The molecule has 5 heteroatoms. The van der Waals surface area contributed by atoms with Crippen LogP contribution in [0.4, 0.5) is 0 Å². The van der Waals surface area contributed by atoms with Gasteiger partial charge in [-0.2, -0.15) is 5.10 Å². The van der Waals surface area contributed by atoms with Crippen molar-refractivity contribution in [2.45, 2.75) is 13.5 Å². The molecule has 0 unspecified atom stereocenters. The van der Waals surface area contributed by atoms with Crippen molar-refractivity contribution in [1.29, 1.82) is 0 Å². The summed E-state index contributed by atoms with van der Waals surface area (Å²) in [6.07, 6.45) is 2.04. The minimum absolute atomic E-state index is 0.701. The van der Waals surface area contributed by atoms with Crippen molar-refractivity contribution in [3.63, 3.8) is 0 Å². The first-order valence-electron chi connectivity index (χ1n) is 6.23. The molecule has 0 atom stereocenters. The molecule has 5 nitrogen and oxygen atoms in total. The summed E-state index contributed by atoms with van der Waals surface area (Å²) in [4.78, 5) is 4.08. The predicted molar refractivity (Wildman–Crippen MR) is 77.6 cm³/mol. The molecule has 19 heavy (non-hydrogen) atoms. The standard InChI is InChI=1S/C14H19N5/c1-11-12(9-17-14(15-2)16-3)10-19(18-11)13-7-5-4-6-8-13/h4-8,10H,9H2,1-3H3,(H2,15,16,17). The van der Waals surface area contributed by atoms with Crippen LogP contribution in [0.25, 0.3) is 5.69 Å². The molecule has 0 saturated carbocycles. The third-order valence-corrected chi connectivity index (χ3v) is 2.93. The number of nitrogens with zero attached hydrogens (tertiary/aromatic N) is 3. The van der Waals surface area contributed by atoms with Crippen LogP contribution < -0.4 is 10.6 Å². The Morgan fingerprint density at radius 1 is 1.32 bits per heavy atom. The highest BCUT2D eigenvalue weighted by Gasteiger charge is 2.06. The maximum Gasteiger partial charge on any atom is 0.190 e. The molecule has 1 heterocycles. The Labute approximate surface area is 113 Å². The summed E-state index contributed by atoms with van der Waals surface area (Å²) in [6, 6.07) is 10.1. The van der Waals surface area contributed by atoms with Crippen LogP contribution in [0.1, 0.15) is 11.3 Å². The Bertz CT molecular complexity index is 556. The van der Waals surface area contributed by atoms with E-state index in [0.717, 1.165) is 22.9 Å². The fraction of sp³-hybridized carbons (Fsp3) is 0.286. The van der Waals surface area contributed by atoms with Crippen molar-refractivity contribution in [3.05, 3.63) is 47.8 Å². The lowest BCUT2D eigenvalue weighted by Gasteiger charge is -2.07. The van der Waals surface area contributed by atoms with E-state index in [4.69, 9.17) is 0 Å². The summed E-state index contributed by atoms with van der Waals surface area (Å²) in [5, 5.41) is 10.7. The average molecular weight is 257 g/mol. The molecule has 2 aromatic rings. The first kappa shape index (κ1) is 13.1. The monoisotopic (exact) mass is 257 g/mol. The number of aliphatic imine (C=N–C) groups is 1. The van der Waals surface area contributed by atoms with Gasteiger partial charge in [0.15, 0.2) is 5.96 Å². The number of para-hydroxylation sites is 1. The molecule has 0 fully saturated rings. The first-order valence-corrected chi connectivity index (χ1v) is 6.23. The molecule has 0 aliphatic heterocycles. The van der Waals surface area contributed by atoms with Crippen molar-refractivity contribution in [3.8, 4) is 5.69 Å². The van der Waals surface area contributed by atoms with Crippen molar-refractivity contribution < 1.29 is 0 Å². The lowest BCUT2D eigenvalue weighted by molar-refractivity contribution is 0.860. The van der Waals surface area contributed by atoms with E-state index in [0.29, 0.717) is 6.54 Å². The van der Waals surface area contributed by atoms with Crippen LogP contribution in [0.3, 0.4) is 0 Å². The normalized spacial score (nSPS) is 11.4. The Balaban J connectivity index is 2.14. The van der Waals surface area contributed by atoms with Crippen molar-refractivity contribution in [2.24, 2.45) is 4.99 Å². The summed E-state index contributed by atoms with van der Waals surface area (Å²) in [5.41, 5.74) is 3.23. The SMILES string of the molecule is CN=C(NC)NCc1cn(-c2ccccc2)nc1C. The van der Waals surface area contributed by atoms with E-state index in [2.05, 4.69) is 20.7 Å². The van der Waals surface area contributed by atoms with Gasteiger partial charge < -0.3 is 10.6 Å². The smallest absolute Gasteiger partial charge is 0.190 e. The fourth-order valence-corrected chi connectivity index (χ4v) is 1.84. The zero-order valence-electron chi connectivity index (χ0n) is 11.5. The quantitative estimate of drug-likeness (QED) is 0.647. The van der Waals surface area contributed by atoms with Crippen LogP contribution in [0.2, 0.25) is 0 Å². The predicted octanol–water partition coefficient (Wildman–Crippen LogP) is 1.48. The summed E-state index contributed by atoms with van der Waals surface area (Å²) >= 11 is 0. The Morgan fingerprint density at radius 3 is 2.68 bits per heavy atom. The van der Waals surface area contributed by atoms with E-state index < -0.39 is 0 Å². The van der Waals surface area contributed by atoms with Gasteiger partial charge in [-0.05, 0) is 19.1 Å². The maximum atomic E-state index is 4.53. The fourth-order valence-electron chi connectivity index (χ4n) is 1.84. The number of guanidine groups is 1. The molecule has 100 valence electrons. The highest BCUT2D eigenvalue weighted by molar-refractivity contribution is 5.79. The van der Waals surface area contributed by atoms with Crippen LogP contribution in [-0.4, -0.2) is 29.8 Å². The van der Waals surface area contributed by atoms with Crippen LogP contribution >= 0.6 is 0 Å². The van der Waals surface area contributed by atoms with Gasteiger partial charge in [0.05, 0.1) is 11.4 Å². The Hall–Kier alpha value is -2.30. The molecule has 0 bridgehead atoms. The van der Waals surface area contributed by atoms with Crippen LogP contribution in [0, 0.1) is 6.92 Å². The van der Waals surface area contributed by atoms with E-state index in [-0.39, 0.29) is 0 Å². The minimum atomic E-state index is 0.701. The molecule has 0 aliphatic rings. The molecule has 0 spiro atoms. The van der Waals surface area contributed by atoms with Crippen LogP contribution in [0.5, 0.6) is 0 Å². The lowest BCUT2D eigenvalue weighted by atomic mass is 10.2. The number of hydrogen-bond donors (Lipinski definition) is 2. The van der Waals surface area contributed by atoms with Gasteiger partial charge in [-0.3, -0.25) is 4.99 Å². The third-order valence-electron chi connectivity index (χ3n) is 2.93. The zero-order chi connectivity index (χ0) is 13.7. The van der Waals surface area contributed by atoms with Crippen molar-refractivity contribution in [1.82, 2.24) is 20.4 Å². The number of nitrogens with one attached hydrogen (secondary N) is 2. The minimum Gasteiger partial charge on any atom is -0.359 e. The molecule has 0 saturated heterocycles. The van der Waals surface area contributed by atoms with Crippen molar-refractivity contribution >= 4 is 5.96 Å². The molecular formula is C14H19N5. The molecule has 1 aromatic heterocycles. The molecule has 0 radical (unpaired) electrons. The van der Waals surface area contributed by atoms with Gasteiger partial charge >= 0.3 is 0 Å². The second-order valence-electron chi connectivity index (χ2n) is 4.20. The van der Waals surface area contributed by atoms with Gasteiger partial charge in [0.1, 0.15) is 0 Å². The van der Waals surface area contributed by atoms with Crippen LogP contribution in [0.15, 0.2) is 41.5 Å². The second kappa shape index (κ2) is 6.04. The van der Waals surface area contributed by atoms with E-state index in [9.17, 15) is 0 Å². The number of rotatable bonds is 3. The number of benzene rings is 1. The molecule has 1 aromatic carbocycles. The van der Waals surface area contributed by atoms with Crippen LogP contribution in [-0.2, 0) is 6.54 Å². The van der Waals surface area contributed by atoms with Gasteiger partial charge in [0.2, 0.25) is 0 Å². The summed E-state index contributed by atoms with van der Waals surface area (Å²) < 4.78 is 1.90. The topological polar surface area (TPSA) is 54.2 Å². The lowest BCUT2D eigenvalue weighted by Crippen LogP contribution is -2.34. The van der Waals surface area contributed by atoms with Gasteiger partial charge in [0.25, 0.3) is 0 Å². The number of aryl methyl sites for hydroxylation is 1. The number of aromatic nitrogens is 2. The van der Waals surface area contributed by atoms with Gasteiger partial charge in [0, 0.05) is 32.4 Å². The van der Waals surface area contributed by atoms with E-state index in [1.54, 1.807) is 7.05 Å². The van der Waals surface area contributed by atoms with Gasteiger partial charge in [-0.25, -0.2) is 4.68 Å². The molecule has 2 N–H and O–H groups in total. The van der Waals surface area contributed by atoms with Crippen molar-refractivity contribution in [2.75, 3.05) is 14.1 Å². The first-order chi connectivity index (χ1) is 9.24. The third kappa shape index (κ3) is 3.13. The van der Waals surface area contributed by atoms with E-state index in [1.165, 1.54) is 0 Å². The Morgan fingerprint density at radius 2 is 2.05 bits per heavy atom. The highest BCUT2D eigenvalue weighted by Crippen LogP contribution is 2.11. The summed E-state index contributed by atoms with van der Waals surface area (Å²) in [6.45, 7) is 2.71. The number of hydrogen-bond acceptors (Lipinski definition) is 2. The second-order valence-corrected chi connectivity index (χ2v) is 4.20. The largest absolute Gasteiger partial charge is 0.359 e. The molecule has 2 rings (SSSR count). The highest BCUT2D eigenvalue weighted by atomic mass is 15.3. The maximum absolute atomic E-state index is 4.53. The van der Waals surface area contributed by atoms with E-state index in [1.807, 2.05) is 55.2 Å². The molecule has 0 amide bonds. The average Bonchev–Trinajstić information content (AvgIpc) is 2.82. The summed E-state index contributed by atoms with van der Waals surface area (Å²) in [7, 11) is 3.59. The van der Waals surface area contributed by atoms with Gasteiger partial charge in [-0.15, -0.1) is 0 Å².